The standard InChI is InChI=1S/C18H32O2/c1-2-3-4-5-6-7-8-9-10-11-12-13-14-15-16-17-18(19)20/h6-7,16-17H,2-5,8-15H2,1H3,(H,19,20). The normalized spacial score (nSPS) is 11.7. The third kappa shape index (κ3) is 16.9. The third-order valence-electron chi connectivity index (χ3n) is 3.39. The van der Waals surface area contributed by atoms with Crippen LogP contribution in [0.15, 0.2) is 24.3 Å². The van der Waals surface area contributed by atoms with Gasteiger partial charge in [0.1, 0.15) is 0 Å². The number of rotatable bonds is 14. The summed E-state index contributed by atoms with van der Waals surface area (Å²) in [5.41, 5.74) is 0. The summed E-state index contributed by atoms with van der Waals surface area (Å²) in [7, 11) is 0. The van der Waals surface area contributed by atoms with Crippen LogP contribution in [0.25, 0.3) is 0 Å². The minimum absolute atomic E-state index is 0.840. The smallest absolute Gasteiger partial charge is 0.327 e. The molecule has 0 rings (SSSR count). The summed E-state index contributed by atoms with van der Waals surface area (Å²) in [5.74, 6) is -0.840. The van der Waals surface area contributed by atoms with Gasteiger partial charge in [0.15, 0.2) is 0 Å². The van der Waals surface area contributed by atoms with Gasteiger partial charge in [-0.2, -0.15) is 0 Å². The lowest BCUT2D eigenvalue weighted by atomic mass is 10.1. The van der Waals surface area contributed by atoms with E-state index < -0.39 is 5.97 Å². The molecule has 20 heavy (non-hydrogen) atoms. The van der Waals surface area contributed by atoms with Crippen LogP contribution in [-0.2, 0) is 4.79 Å². The van der Waals surface area contributed by atoms with Crippen LogP contribution in [0.2, 0.25) is 0 Å². The van der Waals surface area contributed by atoms with Gasteiger partial charge in [0.05, 0.1) is 0 Å². The fourth-order valence-corrected chi connectivity index (χ4v) is 2.16. The van der Waals surface area contributed by atoms with E-state index in [0.717, 1.165) is 12.8 Å². The van der Waals surface area contributed by atoms with Gasteiger partial charge in [-0.05, 0) is 38.5 Å². The zero-order chi connectivity index (χ0) is 14.9. The summed E-state index contributed by atoms with van der Waals surface area (Å²) in [4.78, 5) is 10.2. The summed E-state index contributed by atoms with van der Waals surface area (Å²) >= 11 is 0. The second kappa shape index (κ2) is 16.0. The lowest BCUT2D eigenvalue weighted by Gasteiger charge is -1.99. The van der Waals surface area contributed by atoms with E-state index in [4.69, 9.17) is 5.11 Å². The quantitative estimate of drug-likeness (QED) is 0.245. The average molecular weight is 280 g/mol. The Morgan fingerprint density at radius 1 is 0.750 bits per heavy atom. The van der Waals surface area contributed by atoms with Gasteiger partial charge >= 0.3 is 5.97 Å². The van der Waals surface area contributed by atoms with Crippen LogP contribution in [0.3, 0.4) is 0 Å². The summed E-state index contributed by atoms with van der Waals surface area (Å²) < 4.78 is 0. The molecular weight excluding hydrogens is 248 g/mol. The highest BCUT2D eigenvalue weighted by Crippen LogP contribution is 2.09. The van der Waals surface area contributed by atoms with Gasteiger partial charge in [0.25, 0.3) is 0 Å². The summed E-state index contributed by atoms with van der Waals surface area (Å²) in [6.07, 6.45) is 22.6. The topological polar surface area (TPSA) is 37.3 Å². The molecule has 0 saturated carbocycles. The van der Waals surface area contributed by atoms with Gasteiger partial charge in [-0.3, -0.25) is 0 Å². The molecule has 2 nitrogen and oxygen atoms in total. The number of aliphatic carboxylic acids is 1. The van der Waals surface area contributed by atoms with Crippen LogP contribution in [0.5, 0.6) is 0 Å². The first-order valence-corrected chi connectivity index (χ1v) is 8.31. The highest BCUT2D eigenvalue weighted by Gasteiger charge is 1.91. The molecule has 0 heterocycles. The lowest BCUT2D eigenvalue weighted by Crippen LogP contribution is -1.85. The molecule has 0 fully saturated rings. The van der Waals surface area contributed by atoms with Crippen LogP contribution in [0, 0.1) is 0 Å². The molecule has 0 aromatic rings. The maximum Gasteiger partial charge on any atom is 0.327 e. The second-order valence-electron chi connectivity index (χ2n) is 5.41. The predicted octanol–water partition coefficient (Wildman–Crippen LogP) is 5.88. The van der Waals surface area contributed by atoms with E-state index in [1.807, 2.05) is 0 Å². The molecule has 0 radical (unpaired) electrons. The van der Waals surface area contributed by atoms with Crippen LogP contribution in [-0.4, -0.2) is 11.1 Å². The van der Waals surface area contributed by atoms with Gasteiger partial charge in [0, 0.05) is 6.08 Å². The number of hydrogen-bond donors (Lipinski definition) is 1. The van der Waals surface area contributed by atoms with Crippen molar-refractivity contribution in [3.05, 3.63) is 24.3 Å². The molecule has 0 atom stereocenters. The van der Waals surface area contributed by atoms with E-state index in [1.54, 1.807) is 6.08 Å². The van der Waals surface area contributed by atoms with Crippen LogP contribution < -0.4 is 0 Å². The Balaban J connectivity index is 3.11. The van der Waals surface area contributed by atoms with E-state index >= 15 is 0 Å². The number of carbonyl (C=O) groups is 1. The molecular formula is C18H32O2. The zero-order valence-corrected chi connectivity index (χ0v) is 13.2. The van der Waals surface area contributed by atoms with Gasteiger partial charge in [-0.15, -0.1) is 0 Å². The first kappa shape index (κ1) is 18.9. The summed E-state index contributed by atoms with van der Waals surface area (Å²) in [6.45, 7) is 2.24. The number of hydrogen-bond acceptors (Lipinski definition) is 1. The van der Waals surface area contributed by atoms with Crippen LogP contribution in [0.4, 0.5) is 0 Å². The average Bonchev–Trinajstić information content (AvgIpc) is 2.43. The number of carboxylic acid groups (broad SMARTS) is 1. The summed E-state index contributed by atoms with van der Waals surface area (Å²) in [5, 5.41) is 8.43. The maximum atomic E-state index is 10.2. The monoisotopic (exact) mass is 280 g/mol. The Hall–Kier alpha value is -1.05. The molecule has 0 aliphatic heterocycles. The molecule has 0 unspecified atom stereocenters. The Morgan fingerprint density at radius 2 is 1.20 bits per heavy atom. The van der Waals surface area contributed by atoms with E-state index in [-0.39, 0.29) is 0 Å². The van der Waals surface area contributed by atoms with Gasteiger partial charge in [-0.1, -0.05) is 63.7 Å². The van der Waals surface area contributed by atoms with Gasteiger partial charge in [-0.25, -0.2) is 4.79 Å². The number of unbranched alkanes of at least 4 members (excludes halogenated alkanes) is 10. The minimum Gasteiger partial charge on any atom is -0.478 e. The molecule has 0 aliphatic carbocycles. The number of allylic oxidation sites excluding steroid dienone is 3. The Bertz CT molecular complexity index is 267. The Labute approximate surface area is 125 Å². The molecule has 2 heteroatoms. The molecule has 0 aromatic heterocycles. The largest absolute Gasteiger partial charge is 0.478 e. The SMILES string of the molecule is CCCCCC=CCCCCCCCCC=CC(=O)O. The van der Waals surface area contributed by atoms with Crippen molar-refractivity contribution in [2.75, 3.05) is 0 Å². The fourth-order valence-electron chi connectivity index (χ4n) is 2.16. The number of carboxylic acids is 1. The van der Waals surface area contributed by atoms with Crippen LogP contribution in [0.1, 0.15) is 84.0 Å². The summed E-state index contributed by atoms with van der Waals surface area (Å²) in [6, 6.07) is 0. The molecule has 0 aromatic carbocycles. The molecule has 116 valence electrons. The molecule has 0 bridgehead atoms. The van der Waals surface area contributed by atoms with Crippen molar-refractivity contribution in [3.8, 4) is 0 Å². The zero-order valence-electron chi connectivity index (χ0n) is 13.2. The van der Waals surface area contributed by atoms with E-state index in [1.165, 1.54) is 70.3 Å². The van der Waals surface area contributed by atoms with Crippen molar-refractivity contribution >= 4 is 5.97 Å². The molecule has 0 spiro atoms. The van der Waals surface area contributed by atoms with Crippen molar-refractivity contribution < 1.29 is 9.90 Å². The fraction of sp³-hybridized carbons (Fsp3) is 0.722. The van der Waals surface area contributed by atoms with Crippen molar-refractivity contribution in [1.29, 1.82) is 0 Å². The second-order valence-corrected chi connectivity index (χ2v) is 5.41. The third-order valence-corrected chi connectivity index (χ3v) is 3.39. The first-order chi connectivity index (χ1) is 9.77. The Kier molecular flexibility index (Phi) is 15.2. The first-order valence-electron chi connectivity index (χ1n) is 8.31. The highest BCUT2D eigenvalue weighted by molar-refractivity contribution is 5.79. The van der Waals surface area contributed by atoms with Crippen LogP contribution >= 0.6 is 0 Å². The minimum atomic E-state index is -0.840. The molecule has 1 N–H and O–H groups in total. The van der Waals surface area contributed by atoms with Gasteiger partial charge in [0.2, 0.25) is 0 Å². The maximum absolute atomic E-state index is 10.2. The molecule has 0 aliphatic rings. The van der Waals surface area contributed by atoms with E-state index in [0.29, 0.717) is 0 Å². The van der Waals surface area contributed by atoms with E-state index in [2.05, 4.69) is 19.1 Å². The van der Waals surface area contributed by atoms with E-state index in [9.17, 15) is 4.79 Å². The lowest BCUT2D eigenvalue weighted by molar-refractivity contribution is -0.131. The highest BCUT2D eigenvalue weighted by atomic mass is 16.4. The van der Waals surface area contributed by atoms with Crippen molar-refractivity contribution in [2.24, 2.45) is 0 Å². The molecule has 0 saturated heterocycles. The van der Waals surface area contributed by atoms with Crippen molar-refractivity contribution in [3.63, 3.8) is 0 Å². The predicted molar refractivity (Wildman–Crippen MR) is 87.0 cm³/mol. The Morgan fingerprint density at radius 3 is 1.70 bits per heavy atom. The molecule has 0 amide bonds. The van der Waals surface area contributed by atoms with Gasteiger partial charge < -0.3 is 5.11 Å². The van der Waals surface area contributed by atoms with Crippen molar-refractivity contribution in [1.82, 2.24) is 0 Å². The van der Waals surface area contributed by atoms with Crippen molar-refractivity contribution in [2.45, 2.75) is 84.0 Å².